The first-order valence-corrected chi connectivity index (χ1v) is 6.55. The molecule has 0 aromatic heterocycles. The van der Waals surface area contributed by atoms with E-state index in [1.54, 1.807) is 12.5 Å². The Hall–Kier alpha value is -1.27. The molecular formula is C11H13NOS. The molecule has 0 aliphatic rings. The van der Waals surface area contributed by atoms with Crippen LogP contribution in [0.15, 0.2) is 28.6 Å². The maximum atomic E-state index is 11.2. The van der Waals surface area contributed by atoms with Crippen LogP contribution in [0.4, 0.5) is 0 Å². The quantitative estimate of drug-likeness (QED) is 0.598. The molecule has 2 nitrogen and oxygen atoms in total. The van der Waals surface area contributed by atoms with Gasteiger partial charge >= 0.3 is 0 Å². The van der Waals surface area contributed by atoms with Crippen LogP contribution in [0.25, 0.3) is 0 Å². The van der Waals surface area contributed by atoms with Crippen LogP contribution in [0.2, 0.25) is 0 Å². The van der Waals surface area contributed by atoms with E-state index >= 15 is 0 Å². The molecule has 0 saturated heterocycles. The van der Waals surface area contributed by atoms with Crippen molar-refractivity contribution >= 4 is 9.73 Å². The van der Waals surface area contributed by atoms with Gasteiger partial charge in [0.2, 0.25) is 0 Å². The highest BCUT2D eigenvalue weighted by molar-refractivity contribution is 7.92. The second kappa shape index (κ2) is 4.30. The Bertz CT molecular complexity index is 492. The van der Waals surface area contributed by atoms with E-state index in [1.165, 1.54) is 0 Å². The van der Waals surface area contributed by atoms with Gasteiger partial charge in [0.1, 0.15) is 0 Å². The number of hydrogen-bond donors (Lipinski definition) is 0. The highest BCUT2D eigenvalue weighted by Crippen LogP contribution is 2.04. The Balaban J connectivity index is 3.01. The first kappa shape index (κ1) is 10.8. The van der Waals surface area contributed by atoms with E-state index in [9.17, 15) is 4.21 Å². The van der Waals surface area contributed by atoms with Gasteiger partial charge in [-0.1, -0.05) is 18.2 Å². The smallest absolute Gasteiger partial charge is 0.0546 e. The van der Waals surface area contributed by atoms with E-state index in [-0.39, 0.29) is 0 Å². The van der Waals surface area contributed by atoms with Gasteiger partial charge in [0.05, 0.1) is 9.73 Å². The van der Waals surface area contributed by atoms with Gasteiger partial charge in [0, 0.05) is 24.1 Å². The Labute approximate surface area is 85.5 Å². The third-order valence-electron chi connectivity index (χ3n) is 1.60. The topological polar surface area (TPSA) is 29.4 Å². The highest BCUT2D eigenvalue weighted by Gasteiger charge is 1.90. The van der Waals surface area contributed by atoms with Crippen LogP contribution in [0, 0.1) is 18.9 Å². The lowest BCUT2D eigenvalue weighted by molar-refractivity contribution is 0.685. The normalized spacial score (nSPS) is 10.2. The molecule has 0 aliphatic heterocycles. The molecule has 74 valence electrons. The van der Waals surface area contributed by atoms with Gasteiger partial charge in [0.15, 0.2) is 0 Å². The van der Waals surface area contributed by atoms with Crippen LogP contribution in [0.1, 0.15) is 11.1 Å². The monoisotopic (exact) mass is 207 g/mol. The SMILES string of the molecule is Cc1ccccc1C#CN=S(C)(C)=O. The summed E-state index contributed by atoms with van der Waals surface area (Å²) in [6, 6.07) is 10.4. The maximum Gasteiger partial charge on any atom is 0.0546 e. The highest BCUT2D eigenvalue weighted by atomic mass is 32.2. The fourth-order valence-electron chi connectivity index (χ4n) is 0.906. The van der Waals surface area contributed by atoms with Crippen LogP contribution < -0.4 is 0 Å². The summed E-state index contributed by atoms with van der Waals surface area (Å²) in [4.78, 5) is 0. The molecule has 0 spiro atoms. The molecule has 0 saturated carbocycles. The Morgan fingerprint density at radius 2 is 1.93 bits per heavy atom. The summed E-state index contributed by atoms with van der Waals surface area (Å²) >= 11 is 0. The molecule has 0 radical (unpaired) electrons. The molecule has 14 heavy (non-hydrogen) atoms. The van der Waals surface area contributed by atoms with E-state index in [2.05, 4.69) is 16.3 Å². The van der Waals surface area contributed by atoms with Crippen molar-refractivity contribution < 1.29 is 4.21 Å². The molecule has 1 aromatic carbocycles. The zero-order chi connectivity index (χ0) is 10.6. The zero-order valence-electron chi connectivity index (χ0n) is 8.57. The lowest BCUT2D eigenvalue weighted by Crippen LogP contribution is -1.88. The van der Waals surface area contributed by atoms with E-state index in [1.807, 2.05) is 31.2 Å². The zero-order valence-corrected chi connectivity index (χ0v) is 9.39. The van der Waals surface area contributed by atoms with Crippen molar-refractivity contribution in [3.8, 4) is 12.0 Å². The fourth-order valence-corrected chi connectivity index (χ4v) is 1.17. The minimum Gasteiger partial charge on any atom is -0.249 e. The molecule has 0 bridgehead atoms. The van der Waals surface area contributed by atoms with Gasteiger partial charge in [-0.3, -0.25) is 0 Å². The first-order chi connectivity index (χ1) is 6.49. The van der Waals surface area contributed by atoms with Crippen molar-refractivity contribution in [3.63, 3.8) is 0 Å². The molecule has 0 unspecified atom stereocenters. The van der Waals surface area contributed by atoms with E-state index in [0.29, 0.717) is 0 Å². The van der Waals surface area contributed by atoms with Crippen molar-refractivity contribution in [3.05, 3.63) is 35.4 Å². The lowest BCUT2D eigenvalue weighted by atomic mass is 10.1. The van der Waals surface area contributed by atoms with Crippen LogP contribution in [0.5, 0.6) is 0 Å². The molecule has 1 rings (SSSR count). The van der Waals surface area contributed by atoms with Crippen molar-refractivity contribution in [2.24, 2.45) is 4.36 Å². The summed E-state index contributed by atoms with van der Waals surface area (Å²) in [5.41, 5.74) is 2.04. The summed E-state index contributed by atoms with van der Waals surface area (Å²) in [6.07, 6.45) is 3.14. The number of benzene rings is 1. The summed E-state index contributed by atoms with van der Waals surface area (Å²) < 4.78 is 15.0. The molecule has 0 amide bonds. The predicted molar refractivity (Wildman–Crippen MR) is 60.5 cm³/mol. The van der Waals surface area contributed by atoms with Gasteiger partial charge in [-0.05, 0) is 24.5 Å². The number of rotatable bonds is 0. The Kier molecular flexibility index (Phi) is 3.32. The summed E-state index contributed by atoms with van der Waals surface area (Å²) in [5.74, 6) is 2.87. The van der Waals surface area contributed by atoms with E-state index < -0.39 is 9.73 Å². The molecule has 0 heterocycles. The molecular weight excluding hydrogens is 194 g/mol. The summed E-state index contributed by atoms with van der Waals surface area (Å²) in [7, 11) is -2.11. The second-order valence-electron chi connectivity index (χ2n) is 3.32. The second-order valence-corrected chi connectivity index (χ2v) is 5.87. The largest absolute Gasteiger partial charge is 0.249 e. The van der Waals surface area contributed by atoms with E-state index in [4.69, 9.17) is 0 Å². The third kappa shape index (κ3) is 3.63. The third-order valence-corrected chi connectivity index (χ3v) is 2.13. The average molecular weight is 207 g/mol. The minimum absolute atomic E-state index is 0.930. The van der Waals surface area contributed by atoms with Crippen LogP contribution in [-0.2, 0) is 9.73 Å². The lowest BCUT2D eigenvalue weighted by Gasteiger charge is -1.93. The molecule has 0 aliphatic carbocycles. The van der Waals surface area contributed by atoms with E-state index in [0.717, 1.165) is 11.1 Å². The van der Waals surface area contributed by atoms with Crippen molar-refractivity contribution in [1.29, 1.82) is 0 Å². The Morgan fingerprint density at radius 3 is 2.50 bits per heavy atom. The number of nitrogens with zero attached hydrogens (tertiary/aromatic N) is 1. The maximum absolute atomic E-state index is 11.2. The fraction of sp³-hybridized carbons (Fsp3) is 0.273. The van der Waals surface area contributed by atoms with Gasteiger partial charge in [-0.25, -0.2) is 4.21 Å². The standard InChI is InChI=1S/C11H13NOS/c1-10-6-4-5-7-11(10)8-9-12-14(2,3)13/h4-7H,1-3H3. The molecule has 0 atom stereocenters. The summed E-state index contributed by atoms with van der Waals surface area (Å²) in [5, 5.41) is 0. The van der Waals surface area contributed by atoms with Crippen molar-refractivity contribution in [2.45, 2.75) is 6.92 Å². The van der Waals surface area contributed by atoms with Gasteiger partial charge < -0.3 is 0 Å². The molecule has 3 heteroatoms. The number of hydrogen-bond acceptors (Lipinski definition) is 2. The minimum atomic E-state index is -2.11. The Morgan fingerprint density at radius 1 is 1.29 bits per heavy atom. The van der Waals surface area contributed by atoms with Crippen molar-refractivity contribution in [1.82, 2.24) is 0 Å². The van der Waals surface area contributed by atoms with Crippen molar-refractivity contribution in [2.75, 3.05) is 12.5 Å². The average Bonchev–Trinajstić information content (AvgIpc) is 2.06. The molecule has 0 fully saturated rings. The van der Waals surface area contributed by atoms with Crippen LogP contribution in [0.3, 0.4) is 0 Å². The first-order valence-electron chi connectivity index (χ1n) is 4.22. The molecule has 0 N–H and O–H groups in total. The van der Waals surface area contributed by atoms with Crippen LogP contribution in [-0.4, -0.2) is 16.7 Å². The van der Waals surface area contributed by atoms with Gasteiger partial charge in [-0.2, -0.15) is 0 Å². The number of aryl methyl sites for hydroxylation is 1. The van der Waals surface area contributed by atoms with Gasteiger partial charge in [-0.15, -0.1) is 4.36 Å². The predicted octanol–water partition coefficient (Wildman–Crippen LogP) is 2.03. The molecule has 1 aromatic rings. The van der Waals surface area contributed by atoms with Crippen LogP contribution >= 0.6 is 0 Å². The summed E-state index contributed by atoms with van der Waals surface area (Å²) in [6.45, 7) is 1.99. The van der Waals surface area contributed by atoms with Gasteiger partial charge in [0.25, 0.3) is 0 Å².